The molecule has 0 bridgehead atoms. The summed E-state index contributed by atoms with van der Waals surface area (Å²) in [5.74, 6) is 1.01. The summed E-state index contributed by atoms with van der Waals surface area (Å²) < 4.78 is 5.92. The lowest BCUT2D eigenvalue weighted by Gasteiger charge is -2.17. The molecule has 10 heteroatoms. The van der Waals surface area contributed by atoms with Crippen LogP contribution in [0.25, 0.3) is 0 Å². The number of anilines is 2. The van der Waals surface area contributed by atoms with E-state index in [-0.39, 0.29) is 11.7 Å². The van der Waals surface area contributed by atoms with Gasteiger partial charge in [0.2, 0.25) is 11.0 Å². The minimum Gasteiger partial charge on any atom is -0.497 e. The van der Waals surface area contributed by atoms with Gasteiger partial charge in [0.25, 0.3) is 0 Å². The fourth-order valence-electron chi connectivity index (χ4n) is 2.38. The zero-order chi connectivity index (χ0) is 20.8. The molecular formula is C19H18Cl2N4O2S2. The summed E-state index contributed by atoms with van der Waals surface area (Å²) in [5, 5.41) is 13.1. The molecule has 0 aliphatic carbocycles. The van der Waals surface area contributed by atoms with Crippen molar-refractivity contribution in [2.24, 2.45) is 0 Å². The molecule has 2 aromatic carbocycles. The molecule has 0 saturated heterocycles. The number of carbonyl (C=O) groups excluding carboxylic acids is 1. The van der Waals surface area contributed by atoms with Gasteiger partial charge in [0.15, 0.2) is 4.34 Å². The summed E-state index contributed by atoms with van der Waals surface area (Å²) in [6.07, 6.45) is 0. The number of nitrogens with zero attached hydrogens (tertiary/aromatic N) is 3. The van der Waals surface area contributed by atoms with Crippen LogP contribution in [-0.2, 0) is 11.3 Å². The molecule has 1 heterocycles. The number of aromatic nitrogens is 2. The Kier molecular flexibility index (Phi) is 7.60. The Morgan fingerprint density at radius 1 is 1.21 bits per heavy atom. The molecule has 6 nitrogen and oxygen atoms in total. The Hall–Kier alpha value is -2.00. The van der Waals surface area contributed by atoms with Gasteiger partial charge < -0.3 is 15.0 Å². The summed E-state index contributed by atoms with van der Waals surface area (Å²) in [6.45, 7) is 0.453. The molecule has 1 aromatic heterocycles. The Balaban J connectivity index is 1.51. The van der Waals surface area contributed by atoms with Crippen LogP contribution in [-0.4, -0.2) is 40.9 Å². The molecule has 0 radical (unpaired) electrons. The molecule has 0 unspecified atom stereocenters. The molecule has 1 amide bonds. The Morgan fingerprint density at radius 3 is 2.79 bits per heavy atom. The summed E-state index contributed by atoms with van der Waals surface area (Å²) in [7, 11) is 3.37. The molecule has 0 aliphatic rings. The van der Waals surface area contributed by atoms with Crippen LogP contribution in [0.15, 0.2) is 46.8 Å². The largest absolute Gasteiger partial charge is 0.497 e. The molecule has 0 aliphatic heterocycles. The smallest absolute Gasteiger partial charge is 0.233 e. The number of amides is 1. The number of halogens is 2. The van der Waals surface area contributed by atoms with E-state index in [1.165, 1.54) is 23.1 Å². The van der Waals surface area contributed by atoms with Crippen molar-refractivity contribution in [1.29, 1.82) is 0 Å². The molecule has 3 aromatic rings. The van der Waals surface area contributed by atoms with Crippen LogP contribution in [0.4, 0.5) is 10.8 Å². The number of carbonyl (C=O) groups is 1. The predicted octanol–water partition coefficient (Wildman–Crippen LogP) is 5.35. The van der Waals surface area contributed by atoms with E-state index in [4.69, 9.17) is 27.9 Å². The average molecular weight is 469 g/mol. The number of hydrogen-bond donors (Lipinski definition) is 1. The zero-order valence-corrected chi connectivity index (χ0v) is 18.8. The van der Waals surface area contributed by atoms with E-state index in [1.54, 1.807) is 31.2 Å². The van der Waals surface area contributed by atoms with Gasteiger partial charge in [-0.2, -0.15) is 0 Å². The second kappa shape index (κ2) is 10.2. The number of benzene rings is 2. The number of hydrogen-bond acceptors (Lipinski definition) is 7. The van der Waals surface area contributed by atoms with Crippen molar-refractivity contribution in [3.63, 3.8) is 0 Å². The van der Waals surface area contributed by atoms with E-state index in [1.807, 2.05) is 30.3 Å². The number of rotatable bonds is 8. The number of nitrogens with one attached hydrogen (secondary N) is 1. The van der Waals surface area contributed by atoms with Gasteiger partial charge in [0.05, 0.1) is 22.9 Å². The third kappa shape index (κ3) is 6.24. The van der Waals surface area contributed by atoms with Crippen LogP contribution in [0.5, 0.6) is 5.75 Å². The monoisotopic (exact) mass is 468 g/mol. The first-order valence-corrected chi connectivity index (χ1v) is 11.1. The first-order chi connectivity index (χ1) is 13.9. The van der Waals surface area contributed by atoms with Gasteiger partial charge in [-0.05, 0) is 29.8 Å². The van der Waals surface area contributed by atoms with Crippen molar-refractivity contribution in [3.8, 4) is 5.75 Å². The van der Waals surface area contributed by atoms with Crippen LogP contribution in [0, 0.1) is 0 Å². The maximum absolute atomic E-state index is 12.4. The second-order valence-corrected chi connectivity index (χ2v) is 9.03. The predicted molar refractivity (Wildman–Crippen MR) is 120 cm³/mol. The van der Waals surface area contributed by atoms with Gasteiger partial charge in [0, 0.05) is 25.3 Å². The van der Waals surface area contributed by atoms with Crippen molar-refractivity contribution in [1.82, 2.24) is 15.1 Å². The SMILES string of the molecule is COc1cccc(Nc2nnc(SCC(=O)N(C)Cc3ccc(Cl)c(Cl)c3)s2)c1. The van der Waals surface area contributed by atoms with E-state index in [0.29, 0.717) is 26.1 Å². The first-order valence-electron chi connectivity index (χ1n) is 8.50. The van der Waals surface area contributed by atoms with Gasteiger partial charge >= 0.3 is 0 Å². The molecule has 0 saturated carbocycles. The van der Waals surface area contributed by atoms with E-state index in [9.17, 15) is 4.79 Å². The lowest BCUT2D eigenvalue weighted by molar-refractivity contribution is -0.127. The van der Waals surface area contributed by atoms with Crippen LogP contribution < -0.4 is 10.1 Å². The summed E-state index contributed by atoms with van der Waals surface area (Å²) >= 11 is 14.7. The fraction of sp³-hybridized carbons (Fsp3) is 0.211. The minimum atomic E-state index is -0.0152. The molecule has 152 valence electrons. The van der Waals surface area contributed by atoms with Crippen LogP contribution in [0.2, 0.25) is 10.0 Å². The highest BCUT2D eigenvalue weighted by atomic mass is 35.5. The maximum atomic E-state index is 12.4. The normalized spacial score (nSPS) is 10.6. The highest BCUT2D eigenvalue weighted by Crippen LogP contribution is 2.29. The minimum absolute atomic E-state index is 0.0152. The molecule has 0 spiro atoms. The third-order valence-corrected chi connectivity index (χ3v) is 6.57. The van der Waals surface area contributed by atoms with Crippen molar-refractivity contribution in [3.05, 3.63) is 58.1 Å². The standard InChI is InChI=1S/C19H18Cl2N4O2S2/c1-25(10-12-6-7-15(20)16(21)8-12)17(26)11-28-19-24-23-18(29-19)22-13-4-3-5-14(9-13)27-2/h3-9H,10-11H2,1-2H3,(H,22,23). The van der Waals surface area contributed by atoms with Crippen molar-refractivity contribution < 1.29 is 9.53 Å². The number of ether oxygens (including phenoxy) is 1. The van der Waals surface area contributed by atoms with Gasteiger partial charge in [-0.15, -0.1) is 10.2 Å². The summed E-state index contributed by atoms with van der Waals surface area (Å²) in [6, 6.07) is 12.9. The lowest BCUT2D eigenvalue weighted by atomic mass is 10.2. The number of methoxy groups -OCH3 is 1. The highest BCUT2D eigenvalue weighted by Gasteiger charge is 2.13. The van der Waals surface area contributed by atoms with Gasteiger partial charge in [-0.25, -0.2) is 0 Å². The average Bonchev–Trinajstić information content (AvgIpc) is 3.16. The highest BCUT2D eigenvalue weighted by molar-refractivity contribution is 8.01. The summed E-state index contributed by atoms with van der Waals surface area (Å²) in [5.41, 5.74) is 1.77. The molecular weight excluding hydrogens is 451 g/mol. The van der Waals surface area contributed by atoms with E-state index in [2.05, 4.69) is 15.5 Å². The molecule has 3 rings (SSSR count). The Morgan fingerprint density at radius 2 is 2.03 bits per heavy atom. The number of thioether (sulfide) groups is 1. The van der Waals surface area contributed by atoms with Gasteiger partial charge in [0.1, 0.15) is 5.75 Å². The molecule has 0 atom stereocenters. The Bertz CT molecular complexity index is 1000. The quantitative estimate of drug-likeness (QED) is 0.449. The van der Waals surface area contributed by atoms with Crippen LogP contribution in [0.3, 0.4) is 0 Å². The van der Waals surface area contributed by atoms with E-state index in [0.717, 1.165) is 17.0 Å². The lowest BCUT2D eigenvalue weighted by Crippen LogP contribution is -2.27. The third-order valence-electron chi connectivity index (χ3n) is 3.88. The van der Waals surface area contributed by atoms with Crippen molar-refractivity contribution in [2.75, 3.05) is 25.2 Å². The zero-order valence-electron chi connectivity index (χ0n) is 15.7. The molecule has 29 heavy (non-hydrogen) atoms. The summed E-state index contributed by atoms with van der Waals surface area (Å²) in [4.78, 5) is 14.1. The molecule has 0 fully saturated rings. The fourth-order valence-corrected chi connectivity index (χ4v) is 4.41. The van der Waals surface area contributed by atoms with Crippen LogP contribution >= 0.6 is 46.3 Å². The van der Waals surface area contributed by atoms with E-state index < -0.39 is 0 Å². The van der Waals surface area contributed by atoms with Crippen molar-refractivity contribution in [2.45, 2.75) is 10.9 Å². The first kappa shape index (κ1) is 21.7. The van der Waals surface area contributed by atoms with Gasteiger partial charge in [-0.1, -0.05) is 58.4 Å². The van der Waals surface area contributed by atoms with E-state index >= 15 is 0 Å². The Labute approximate surface area is 187 Å². The van der Waals surface area contributed by atoms with Gasteiger partial charge in [-0.3, -0.25) is 4.79 Å². The van der Waals surface area contributed by atoms with Crippen LogP contribution in [0.1, 0.15) is 5.56 Å². The topological polar surface area (TPSA) is 67.3 Å². The van der Waals surface area contributed by atoms with Crippen molar-refractivity contribution >= 4 is 63.0 Å². The maximum Gasteiger partial charge on any atom is 0.233 e. The second-order valence-electron chi connectivity index (χ2n) is 6.02. The molecule has 1 N–H and O–H groups in total.